The summed E-state index contributed by atoms with van der Waals surface area (Å²) < 4.78 is 52.6. The number of nitrogens with zero attached hydrogens (tertiary/aromatic N) is 2. The highest BCUT2D eigenvalue weighted by Crippen LogP contribution is 2.24. The van der Waals surface area contributed by atoms with E-state index in [-0.39, 0.29) is 17.6 Å². The van der Waals surface area contributed by atoms with Crippen molar-refractivity contribution in [2.24, 2.45) is 0 Å². The number of carbonyl (C=O) groups is 1. The number of anilines is 2. The van der Waals surface area contributed by atoms with Gasteiger partial charge in [-0.2, -0.15) is 0 Å². The number of nitrogens with one attached hydrogen (secondary N) is 1. The molecule has 9 heteroatoms. The van der Waals surface area contributed by atoms with E-state index in [2.05, 4.69) is 9.97 Å². The highest BCUT2D eigenvalue weighted by atomic mass is 19.2. The van der Waals surface area contributed by atoms with Crippen LogP contribution in [0.25, 0.3) is 0 Å². The molecule has 5 nitrogen and oxygen atoms in total. The Morgan fingerprint density at radius 2 is 1.65 bits per heavy atom. The van der Waals surface area contributed by atoms with Crippen LogP contribution in [0.5, 0.6) is 0 Å². The number of halogens is 4. The molecule has 0 saturated heterocycles. The zero-order valence-electron chi connectivity index (χ0n) is 9.62. The molecule has 1 amide bonds. The van der Waals surface area contributed by atoms with Gasteiger partial charge in [0.05, 0.1) is 12.4 Å². The maximum absolute atomic E-state index is 13.3. The average molecular weight is 286 g/mol. The lowest BCUT2D eigenvalue weighted by Gasteiger charge is -2.08. The molecule has 0 unspecified atom stereocenters. The largest absolute Gasteiger partial charge is 0.382 e. The van der Waals surface area contributed by atoms with Crippen LogP contribution >= 0.6 is 0 Å². The zero-order valence-corrected chi connectivity index (χ0v) is 9.62. The smallest absolute Gasteiger partial charge is 0.276 e. The van der Waals surface area contributed by atoms with Gasteiger partial charge in [0.2, 0.25) is 0 Å². The second-order valence-corrected chi connectivity index (χ2v) is 3.62. The maximum Gasteiger partial charge on any atom is 0.276 e. The Hall–Kier alpha value is -2.71. The predicted octanol–water partition coefficient (Wildman–Crippen LogP) is 1.87. The number of aromatic nitrogens is 2. The van der Waals surface area contributed by atoms with Crippen molar-refractivity contribution in [1.82, 2.24) is 9.97 Å². The number of benzene rings is 1. The van der Waals surface area contributed by atoms with Gasteiger partial charge in [0.15, 0.2) is 23.3 Å². The Balaban J connectivity index is 2.35. The Morgan fingerprint density at radius 1 is 1.05 bits per heavy atom. The van der Waals surface area contributed by atoms with Gasteiger partial charge in [-0.25, -0.2) is 27.5 Å². The summed E-state index contributed by atoms with van der Waals surface area (Å²) >= 11 is 0. The molecule has 104 valence electrons. The van der Waals surface area contributed by atoms with E-state index in [9.17, 15) is 22.4 Å². The Labute approximate surface area is 109 Å². The summed E-state index contributed by atoms with van der Waals surface area (Å²) in [5, 5.41) is 1.68. The molecule has 2 aromatic rings. The number of nitrogens with two attached hydrogens (primary N) is 1. The summed E-state index contributed by atoms with van der Waals surface area (Å²) in [5.41, 5.74) is 3.67. The van der Waals surface area contributed by atoms with Crippen LogP contribution < -0.4 is 11.1 Å². The molecule has 0 saturated carbocycles. The fourth-order valence-electron chi connectivity index (χ4n) is 1.32. The van der Waals surface area contributed by atoms with E-state index in [1.807, 2.05) is 0 Å². The van der Waals surface area contributed by atoms with E-state index in [4.69, 9.17) is 5.73 Å². The molecule has 1 heterocycles. The first-order chi connectivity index (χ1) is 9.40. The molecule has 0 fully saturated rings. The van der Waals surface area contributed by atoms with Crippen molar-refractivity contribution in [1.29, 1.82) is 0 Å². The monoisotopic (exact) mass is 286 g/mol. The van der Waals surface area contributed by atoms with Crippen molar-refractivity contribution < 1.29 is 22.4 Å². The van der Waals surface area contributed by atoms with Gasteiger partial charge >= 0.3 is 0 Å². The molecule has 0 bridgehead atoms. The Kier molecular flexibility index (Phi) is 3.51. The Bertz CT molecular complexity index is 649. The van der Waals surface area contributed by atoms with E-state index in [0.29, 0.717) is 0 Å². The highest BCUT2D eigenvalue weighted by molar-refractivity contribution is 6.02. The quantitative estimate of drug-likeness (QED) is 0.652. The van der Waals surface area contributed by atoms with Gasteiger partial charge in [-0.3, -0.25) is 4.79 Å². The lowest BCUT2D eigenvalue weighted by molar-refractivity contribution is 0.102. The molecule has 0 spiro atoms. The predicted molar refractivity (Wildman–Crippen MR) is 60.7 cm³/mol. The second kappa shape index (κ2) is 5.11. The van der Waals surface area contributed by atoms with Gasteiger partial charge in [0, 0.05) is 6.07 Å². The van der Waals surface area contributed by atoms with Gasteiger partial charge in [-0.05, 0) is 0 Å². The number of nitrogen functional groups attached to an aromatic ring is 1. The normalized spacial score (nSPS) is 10.4. The van der Waals surface area contributed by atoms with Gasteiger partial charge < -0.3 is 11.1 Å². The first kappa shape index (κ1) is 13.7. The van der Waals surface area contributed by atoms with Gasteiger partial charge in [-0.15, -0.1) is 0 Å². The number of amides is 1. The van der Waals surface area contributed by atoms with Crippen molar-refractivity contribution in [3.05, 3.63) is 47.4 Å². The van der Waals surface area contributed by atoms with Crippen LogP contribution in [0.1, 0.15) is 10.5 Å². The standard InChI is InChI=1S/C11H6F4N4O/c12-4-1-5(13)9(15)10(8(4)14)19-11(20)6-2-18-7(16)3-17-6/h1-3H,(H2,16,18)(H,19,20). The third kappa shape index (κ3) is 2.51. The van der Waals surface area contributed by atoms with Crippen LogP contribution in [-0.2, 0) is 0 Å². The molecule has 0 aliphatic rings. The molecular weight excluding hydrogens is 280 g/mol. The van der Waals surface area contributed by atoms with Crippen molar-refractivity contribution in [3.63, 3.8) is 0 Å². The molecule has 2 rings (SSSR count). The third-order valence-electron chi connectivity index (χ3n) is 2.25. The number of hydrogen-bond donors (Lipinski definition) is 2. The van der Waals surface area contributed by atoms with Crippen LogP contribution in [0.4, 0.5) is 29.1 Å². The fourth-order valence-corrected chi connectivity index (χ4v) is 1.32. The van der Waals surface area contributed by atoms with E-state index in [1.165, 1.54) is 0 Å². The fraction of sp³-hybridized carbons (Fsp3) is 0. The van der Waals surface area contributed by atoms with Crippen molar-refractivity contribution >= 4 is 17.4 Å². The maximum atomic E-state index is 13.3. The molecule has 1 aromatic heterocycles. The van der Waals surface area contributed by atoms with Crippen LogP contribution in [0.15, 0.2) is 18.5 Å². The topological polar surface area (TPSA) is 80.9 Å². The number of rotatable bonds is 2. The lowest BCUT2D eigenvalue weighted by atomic mass is 10.2. The van der Waals surface area contributed by atoms with E-state index >= 15 is 0 Å². The molecule has 0 aliphatic carbocycles. The van der Waals surface area contributed by atoms with Gasteiger partial charge in [0.25, 0.3) is 5.91 Å². The van der Waals surface area contributed by atoms with Crippen LogP contribution in [0, 0.1) is 23.3 Å². The summed E-state index contributed by atoms with van der Waals surface area (Å²) in [6.45, 7) is 0. The summed E-state index contributed by atoms with van der Waals surface area (Å²) in [5.74, 6) is -7.79. The molecular formula is C11H6F4N4O. The molecule has 0 radical (unpaired) electrons. The summed E-state index contributed by atoms with van der Waals surface area (Å²) in [6.07, 6.45) is 1.98. The lowest BCUT2D eigenvalue weighted by Crippen LogP contribution is -2.17. The van der Waals surface area contributed by atoms with Crippen molar-refractivity contribution in [3.8, 4) is 0 Å². The summed E-state index contributed by atoms with van der Waals surface area (Å²) in [4.78, 5) is 18.7. The molecule has 1 aromatic carbocycles. The van der Waals surface area contributed by atoms with Crippen LogP contribution in [0.3, 0.4) is 0 Å². The number of hydrogen-bond acceptors (Lipinski definition) is 4. The van der Waals surface area contributed by atoms with Crippen molar-refractivity contribution in [2.45, 2.75) is 0 Å². The molecule has 20 heavy (non-hydrogen) atoms. The Morgan fingerprint density at radius 3 is 2.15 bits per heavy atom. The average Bonchev–Trinajstić information content (AvgIpc) is 2.42. The van der Waals surface area contributed by atoms with Gasteiger partial charge in [-0.1, -0.05) is 0 Å². The molecule has 3 N–H and O–H groups in total. The molecule has 0 atom stereocenters. The third-order valence-corrected chi connectivity index (χ3v) is 2.25. The molecule has 0 aliphatic heterocycles. The first-order valence-corrected chi connectivity index (χ1v) is 5.12. The zero-order chi connectivity index (χ0) is 14.9. The van der Waals surface area contributed by atoms with Crippen molar-refractivity contribution in [2.75, 3.05) is 11.1 Å². The van der Waals surface area contributed by atoms with Crippen LogP contribution in [0.2, 0.25) is 0 Å². The van der Waals surface area contributed by atoms with Crippen LogP contribution in [-0.4, -0.2) is 15.9 Å². The minimum Gasteiger partial charge on any atom is -0.382 e. The minimum atomic E-state index is -1.72. The SMILES string of the molecule is Nc1cnc(C(=O)Nc2c(F)c(F)cc(F)c2F)cn1. The van der Waals surface area contributed by atoms with E-state index in [0.717, 1.165) is 12.4 Å². The first-order valence-electron chi connectivity index (χ1n) is 5.12. The number of carbonyl (C=O) groups excluding carboxylic acids is 1. The second-order valence-electron chi connectivity index (χ2n) is 3.62. The van der Waals surface area contributed by atoms with Gasteiger partial charge in [0.1, 0.15) is 17.2 Å². The van der Waals surface area contributed by atoms with E-state index in [1.54, 1.807) is 5.32 Å². The highest BCUT2D eigenvalue weighted by Gasteiger charge is 2.21. The summed E-state index contributed by atoms with van der Waals surface area (Å²) in [6, 6.07) is 0.0311. The summed E-state index contributed by atoms with van der Waals surface area (Å²) in [7, 11) is 0. The van der Waals surface area contributed by atoms with E-state index < -0.39 is 34.9 Å². The minimum absolute atomic E-state index is 0.0238.